The molecule has 2 bridgehead atoms. The molecular weight excluding hydrogens is 639 g/mol. The van der Waals surface area contributed by atoms with Crippen molar-refractivity contribution in [3.8, 4) is 0 Å². The van der Waals surface area contributed by atoms with Crippen LogP contribution < -0.4 is 16.4 Å². The van der Waals surface area contributed by atoms with Gasteiger partial charge in [0.25, 0.3) is 0 Å². The van der Waals surface area contributed by atoms with Crippen LogP contribution in [0.5, 0.6) is 0 Å². The number of nitrogens with zero attached hydrogens (tertiary/aromatic N) is 5. The molecule has 0 spiro atoms. The normalized spacial score (nSPS) is 35.9. The maximum Gasteiger partial charge on any atom is 0.170 e. The minimum Gasteiger partial charge on any atom is -0.326 e. The van der Waals surface area contributed by atoms with Crippen LogP contribution in [0.15, 0.2) is 0 Å². The molecule has 4 aliphatic heterocycles. The number of hydrogen-bond acceptors (Lipinski definition) is 8. The number of alkyl halides is 3. The third-order valence-electron chi connectivity index (χ3n) is 10.3. The number of rotatable bonds is 6. The molecule has 4 unspecified atom stereocenters. The fraction of sp³-hybridized carbons (Fsp3) is 1.00. The molecule has 46 heavy (non-hydrogen) atoms. The van der Waals surface area contributed by atoms with Crippen LogP contribution in [0.25, 0.3) is 0 Å². The Balaban J connectivity index is 1.82. The largest absolute Gasteiger partial charge is 0.326 e. The standard InChI is InChI=1S/C35H69Cl3N8/c1-30(2,23-31(3,4)39)24-42-27(36)45-29(38)46(28(42)37)44(26-21-34(9,10)41-35(11,12)22-26)18-16-14-13-15-17-43(45)25-19-32(5,6)40-33(7,8)20-25/h25-29,40-41H,13-24,39H2,1-12H3. The second-order valence-electron chi connectivity index (χ2n) is 19.3. The maximum absolute atomic E-state index is 7.81. The molecule has 11 heteroatoms. The Morgan fingerprint density at radius 1 is 0.609 bits per heavy atom. The number of hydrogen-bond donors (Lipinski definition) is 3. The molecule has 270 valence electrons. The summed E-state index contributed by atoms with van der Waals surface area (Å²) in [6.45, 7) is 29.9. The maximum atomic E-state index is 7.81. The Morgan fingerprint density at radius 3 is 1.28 bits per heavy atom. The highest BCUT2D eigenvalue weighted by Crippen LogP contribution is 2.43. The molecule has 0 aromatic rings. The van der Waals surface area contributed by atoms with Gasteiger partial charge in [0.2, 0.25) is 0 Å². The highest BCUT2D eigenvalue weighted by atomic mass is 35.5. The smallest absolute Gasteiger partial charge is 0.170 e. The van der Waals surface area contributed by atoms with E-state index < -0.39 is 16.9 Å². The number of nitrogens with two attached hydrogens (primary N) is 1. The zero-order valence-electron chi connectivity index (χ0n) is 31.3. The van der Waals surface area contributed by atoms with Crippen molar-refractivity contribution >= 4 is 34.8 Å². The number of fused-ring (bicyclic) bond motifs is 2. The molecule has 4 atom stereocenters. The Labute approximate surface area is 297 Å². The Kier molecular flexibility index (Phi) is 11.9. The predicted molar refractivity (Wildman–Crippen MR) is 196 cm³/mol. The molecule has 8 nitrogen and oxygen atoms in total. The number of nitrogens with one attached hydrogen (secondary N) is 2. The van der Waals surface area contributed by atoms with Crippen molar-refractivity contribution in [1.82, 2.24) is 35.6 Å². The second kappa shape index (κ2) is 13.9. The van der Waals surface area contributed by atoms with Gasteiger partial charge in [-0.05, 0) is 120 Å². The van der Waals surface area contributed by atoms with Gasteiger partial charge in [0.05, 0.1) is 0 Å². The fourth-order valence-electron chi connectivity index (χ4n) is 9.99. The van der Waals surface area contributed by atoms with E-state index in [1.165, 1.54) is 12.8 Å². The first-order valence-electron chi connectivity index (χ1n) is 18.0. The van der Waals surface area contributed by atoms with Crippen LogP contribution in [0.2, 0.25) is 0 Å². The lowest BCUT2D eigenvalue weighted by atomic mass is 9.79. The quantitative estimate of drug-likeness (QED) is 0.197. The van der Waals surface area contributed by atoms with Crippen molar-refractivity contribution in [3.63, 3.8) is 0 Å². The van der Waals surface area contributed by atoms with Gasteiger partial charge in [-0.3, -0.25) is 0 Å². The molecule has 4 aliphatic rings. The first kappa shape index (κ1) is 39.3. The summed E-state index contributed by atoms with van der Waals surface area (Å²) in [5.74, 6) is 0. The van der Waals surface area contributed by atoms with Crippen LogP contribution in [0.4, 0.5) is 0 Å². The third-order valence-corrected chi connectivity index (χ3v) is 11.6. The molecule has 4 heterocycles. The summed E-state index contributed by atoms with van der Waals surface area (Å²) in [6, 6.07) is 0.567. The van der Waals surface area contributed by atoms with Gasteiger partial charge in [-0.1, -0.05) is 61.5 Å². The molecule has 4 fully saturated rings. The lowest BCUT2D eigenvalue weighted by Crippen LogP contribution is -2.77. The van der Waals surface area contributed by atoms with E-state index in [2.05, 4.69) is 119 Å². The van der Waals surface area contributed by atoms with E-state index in [-0.39, 0.29) is 45.2 Å². The molecule has 4 rings (SSSR count). The minimum absolute atomic E-state index is 0.0145. The van der Waals surface area contributed by atoms with Crippen molar-refractivity contribution in [3.05, 3.63) is 0 Å². The Hall–Kier alpha value is 0.550. The molecule has 0 saturated carbocycles. The van der Waals surface area contributed by atoms with Crippen LogP contribution in [0.1, 0.15) is 141 Å². The van der Waals surface area contributed by atoms with Gasteiger partial charge in [0.15, 0.2) is 16.9 Å². The first-order valence-corrected chi connectivity index (χ1v) is 19.3. The van der Waals surface area contributed by atoms with E-state index in [0.29, 0.717) is 6.54 Å². The fourth-order valence-corrected chi connectivity index (χ4v) is 11.4. The summed E-state index contributed by atoms with van der Waals surface area (Å²) >= 11 is 23.2. The van der Waals surface area contributed by atoms with E-state index in [9.17, 15) is 0 Å². The Morgan fingerprint density at radius 2 is 0.957 bits per heavy atom. The lowest BCUT2D eigenvalue weighted by Gasteiger charge is -2.62. The van der Waals surface area contributed by atoms with Crippen molar-refractivity contribution in [2.75, 3.05) is 19.6 Å². The summed E-state index contributed by atoms with van der Waals surface area (Å²) in [7, 11) is 0. The molecule has 4 N–H and O–H groups in total. The van der Waals surface area contributed by atoms with Gasteiger partial charge < -0.3 is 16.4 Å². The van der Waals surface area contributed by atoms with Crippen LogP contribution in [0, 0.1) is 5.41 Å². The average Bonchev–Trinajstić information content (AvgIpc) is 2.83. The van der Waals surface area contributed by atoms with E-state index in [1.54, 1.807) is 0 Å². The van der Waals surface area contributed by atoms with Crippen molar-refractivity contribution in [2.24, 2.45) is 11.1 Å². The highest BCUT2D eigenvalue weighted by Gasteiger charge is 2.54. The van der Waals surface area contributed by atoms with Crippen LogP contribution in [-0.2, 0) is 0 Å². The zero-order valence-corrected chi connectivity index (χ0v) is 33.6. The number of halogens is 3. The average molecular weight is 708 g/mol. The van der Waals surface area contributed by atoms with Crippen LogP contribution >= 0.6 is 34.8 Å². The summed E-state index contributed by atoms with van der Waals surface area (Å²) < 4.78 is 0. The monoisotopic (exact) mass is 706 g/mol. The molecule has 0 aromatic heterocycles. The van der Waals surface area contributed by atoms with Crippen LogP contribution in [0.3, 0.4) is 0 Å². The highest BCUT2D eigenvalue weighted by molar-refractivity contribution is 6.25. The predicted octanol–water partition coefficient (Wildman–Crippen LogP) is 7.25. The zero-order chi connectivity index (χ0) is 34.7. The molecular formula is C35H69Cl3N8. The molecule has 0 aromatic carbocycles. The summed E-state index contributed by atoms with van der Waals surface area (Å²) in [5.41, 5.74) is 4.55. The van der Waals surface area contributed by atoms with E-state index >= 15 is 0 Å². The topological polar surface area (TPSA) is 66.3 Å². The van der Waals surface area contributed by atoms with Gasteiger partial charge in [-0.25, -0.2) is 14.9 Å². The Bertz CT molecular complexity index is 932. The molecule has 0 radical (unpaired) electrons. The summed E-state index contributed by atoms with van der Waals surface area (Å²) in [5, 5.41) is 17.5. The van der Waals surface area contributed by atoms with E-state index in [0.717, 1.165) is 58.0 Å². The number of piperidine rings is 2. The molecule has 4 saturated heterocycles. The van der Waals surface area contributed by atoms with Gasteiger partial charge in [0.1, 0.15) is 0 Å². The SMILES string of the molecule is CC(C)(N)CC(C)(C)CN1C(Cl)N2C(Cl)N(C1Cl)N(C1CC(C)(C)NC(C)(C)C1)CCCCCCN2C1CC(C)(C)NC(C)(C)C1. The van der Waals surface area contributed by atoms with Crippen molar-refractivity contribution < 1.29 is 0 Å². The lowest BCUT2D eigenvalue weighted by molar-refractivity contribution is -0.271. The van der Waals surface area contributed by atoms with Gasteiger partial charge in [0, 0.05) is 59.4 Å². The first-order chi connectivity index (χ1) is 20.8. The molecule has 0 aliphatic carbocycles. The second-order valence-corrected chi connectivity index (χ2v) is 20.5. The summed E-state index contributed by atoms with van der Waals surface area (Å²) in [4.78, 5) is 2.28. The minimum atomic E-state index is -0.532. The van der Waals surface area contributed by atoms with Gasteiger partial charge in [-0.15, -0.1) is 0 Å². The van der Waals surface area contributed by atoms with Gasteiger partial charge >= 0.3 is 0 Å². The van der Waals surface area contributed by atoms with Gasteiger partial charge in [-0.2, -0.15) is 10.0 Å². The van der Waals surface area contributed by atoms with Crippen molar-refractivity contribution in [1.29, 1.82) is 0 Å². The molecule has 0 amide bonds. The van der Waals surface area contributed by atoms with Crippen LogP contribution in [-0.4, -0.2) is 101 Å². The van der Waals surface area contributed by atoms with E-state index in [1.807, 2.05) is 0 Å². The third kappa shape index (κ3) is 9.86. The number of hydrazine groups is 2. The summed E-state index contributed by atoms with van der Waals surface area (Å²) in [6.07, 6.45) is 9.48. The van der Waals surface area contributed by atoms with Crippen molar-refractivity contribution in [2.45, 2.75) is 198 Å². The van der Waals surface area contributed by atoms with E-state index in [4.69, 9.17) is 40.5 Å².